The molecular weight excluding hydrogens is 516 g/mol. The lowest BCUT2D eigenvalue weighted by molar-refractivity contribution is -0.138. The minimum Gasteiger partial charge on any atom is -0.497 e. The molecule has 2 aliphatic heterocycles. The van der Waals surface area contributed by atoms with E-state index in [0.717, 1.165) is 11.1 Å². The van der Waals surface area contributed by atoms with E-state index in [2.05, 4.69) is 0 Å². The van der Waals surface area contributed by atoms with Crippen molar-refractivity contribution in [2.45, 2.75) is 13.0 Å². The van der Waals surface area contributed by atoms with Crippen LogP contribution in [0.25, 0.3) is 11.8 Å². The number of carbonyl (C=O) groups is 1. The fourth-order valence-corrected chi connectivity index (χ4v) is 5.72. The molecule has 8 nitrogen and oxygen atoms in total. The monoisotopic (exact) mass is 540 g/mol. The molecule has 3 heterocycles. The Labute approximate surface area is 227 Å². The number of rotatable bonds is 6. The van der Waals surface area contributed by atoms with Crippen LogP contribution in [0.2, 0.25) is 0 Å². The Kier molecular flexibility index (Phi) is 6.50. The number of aromatic nitrogens is 1. The Morgan fingerprint density at radius 3 is 2.69 bits per heavy atom. The molecule has 0 amide bonds. The van der Waals surface area contributed by atoms with Gasteiger partial charge in [-0.25, -0.2) is 9.79 Å². The number of ether oxygens (including phenoxy) is 4. The largest absolute Gasteiger partial charge is 0.497 e. The van der Waals surface area contributed by atoms with Gasteiger partial charge >= 0.3 is 5.97 Å². The molecule has 4 aromatic rings. The van der Waals surface area contributed by atoms with E-state index >= 15 is 0 Å². The van der Waals surface area contributed by atoms with Crippen LogP contribution in [-0.2, 0) is 9.53 Å². The normalized spacial score (nSPS) is 16.1. The van der Waals surface area contributed by atoms with Crippen molar-refractivity contribution in [1.29, 1.82) is 0 Å². The number of fused-ring (bicyclic) bond motifs is 2. The first-order valence-electron chi connectivity index (χ1n) is 12.4. The van der Waals surface area contributed by atoms with E-state index in [1.54, 1.807) is 36.8 Å². The van der Waals surface area contributed by atoms with Crippen LogP contribution in [0.15, 0.2) is 88.2 Å². The number of carbonyl (C=O) groups excluding carboxylic acids is 1. The van der Waals surface area contributed by atoms with Gasteiger partial charge in [0.2, 0.25) is 6.79 Å². The average Bonchev–Trinajstić information content (AvgIpc) is 3.56. The molecule has 0 spiro atoms. The summed E-state index contributed by atoms with van der Waals surface area (Å²) in [7, 11) is 1.60. The molecule has 0 N–H and O–H groups in total. The van der Waals surface area contributed by atoms with E-state index in [-0.39, 0.29) is 24.5 Å². The van der Waals surface area contributed by atoms with E-state index in [1.165, 1.54) is 11.3 Å². The van der Waals surface area contributed by atoms with Gasteiger partial charge < -0.3 is 18.9 Å². The van der Waals surface area contributed by atoms with Crippen molar-refractivity contribution in [1.82, 2.24) is 4.57 Å². The second kappa shape index (κ2) is 10.3. The Morgan fingerprint density at radius 1 is 1.08 bits per heavy atom. The van der Waals surface area contributed by atoms with Gasteiger partial charge in [-0.15, -0.1) is 0 Å². The zero-order chi connectivity index (χ0) is 26.9. The average molecular weight is 541 g/mol. The van der Waals surface area contributed by atoms with Crippen LogP contribution in [0.1, 0.15) is 29.7 Å². The van der Waals surface area contributed by atoms with E-state index < -0.39 is 12.0 Å². The molecule has 0 fully saturated rings. The first kappa shape index (κ1) is 24.7. The molecule has 0 radical (unpaired) electrons. The number of hydrogen-bond donors (Lipinski definition) is 0. The number of thiazole rings is 1. The number of hydrogen-bond acceptors (Lipinski definition) is 8. The minimum atomic E-state index is -0.794. The molecule has 39 heavy (non-hydrogen) atoms. The molecule has 196 valence electrons. The molecular formula is C30H24N2O6S. The summed E-state index contributed by atoms with van der Waals surface area (Å²) in [6, 6.07) is 21.5. The third-order valence-corrected chi connectivity index (χ3v) is 7.46. The second-order valence-electron chi connectivity index (χ2n) is 8.82. The molecule has 1 aromatic heterocycles. The third kappa shape index (κ3) is 4.51. The number of methoxy groups -OCH3 is 1. The Balaban J connectivity index is 1.64. The molecule has 1 atom stereocenters. The molecule has 0 aliphatic carbocycles. The summed E-state index contributed by atoms with van der Waals surface area (Å²) in [5.41, 5.74) is 2.72. The third-order valence-electron chi connectivity index (χ3n) is 6.48. The molecule has 3 aromatic carbocycles. The van der Waals surface area contributed by atoms with Crippen LogP contribution in [0, 0.1) is 0 Å². The minimum absolute atomic E-state index is 0.109. The van der Waals surface area contributed by atoms with Crippen molar-refractivity contribution in [3.63, 3.8) is 0 Å². The highest BCUT2D eigenvalue weighted by molar-refractivity contribution is 7.07. The standard InChI is InChI=1S/C30H24N2O6S/c1-3-36-29(34)25-26(19-9-5-4-6-10-19)31-30-32(27(25)20-12-13-22-23(16-20)38-17-37-22)28(33)24(39-30)15-18-8-7-11-21(14-18)35-2/h4-16,27H,3,17H2,1-2H3/b24-15+. The van der Waals surface area contributed by atoms with Crippen molar-refractivity contribution < 1.29 is 23.7 Å². The number of esters is 1. The van der Waals surface area contributed by atoms with Gasteiger partial charge in [0.25, 0.3) is 5.56 Å². The van der Waals surface area contributed by atoms with Crippen molar-refractivity contribution in [2.24, 2.45) is 4.99 Å². The summed E-state index contributed by atoms with van der Waals surface area (Å²) in [5.74, 6) is 1.30. The van der Waals surface area contributed by atoms with Gasteiger partial charge in [-0.1, -0.05) is 59.9 Å². The Hall–Kier alpha value is -4.63. The summed E-state index contributed by atoms with van der Waals surface area (Å²) in [4.78, 5) is 32.9. The Bertz CT molecular complexity index is 1790. The van der Waals surface area contributed by atoms with Gasteiger partial charge in [0.05, 0.1) is 35.6 Å². The maximum Gasteiger partial charge on any atom is 0.338 e. The quantitative estimate of drug-likeness (QED) is 0.347. The SMILES string of the molecule is CCOC(=O)C1=C(c2ccccc2)N=c2s/c(=C/c3cccc(OC)c3)c(=O)n2C1c1ccc2c(c1)OCO2. The lowest BCUT2D eigenvalue weighted by Gasteiger charge is -2.26. The van der Waals surface area contributed by atoms with Crippen molar-refractivity contribution >= 4 is 29.1 Å². The maximum atomic E-state index is 14.0. The van der Waals surface area contributed by atoms with Crippen LogP contribution >= 0.6 is 11.3 Å². The summed E-state index contributed by atoms with van der Waals surface area (Å²) in [6.45, 7) is 2.04. The zero-order valence-corrected chi connectivity index (χ0v) is 22.1. The lowest BCUT2D eigenvalue weighted by Crippen LogP contribution is -2.40. The maximum absolute atomic E-state index is 14.0. The summed E-state index contributed by atoms with van der Waals surface area (Å²) < 4.78 is 24.0. The van der Waals surface area contributed by atoms with Crippen LogP contribution in [-0.4, -0.2) is 31.0 Å². The summed E-state index contributed by atoms with van der Waals surface area (Å²) in [6.07, 6.45) is 1.80. The molecule has 0 bridgehead atoms. The highest BCUT2D eigenvalue weighted by atomic mass is 32.1. The number of nitrogens with zero attached hydrogens (tertiary/aromatic N) is 2. The smallest absolute Gasteiger partial charge is 0.338 e. The fraction of sp³-hybridized carbons (Fsp3) is 0.167. The van der Waals surface area contributed by atoms with Gasteiger partial charge in [0, 0.05) is 5.56 Å². The zero-order valence-electron chi connectivity index (χ0n) is 21.2. The molecule has 9 heteroatoms. The van der Waals surface area contributed by atoms with Crippen LogP contribution < -0.4 is 29.1 Å². The molecule has 6 rings (SSSR count). The first-order valence-corrected chi connectivity index (χ1v) is 13.2. The second-order valence-corrected chi connectivity index (χ2v) is 9.83. The molecule has 1 unspecified atom stereocenters. The highest BCUT2D eigenvalue weighted by Crippen LogP contribution is 2.40. The number of benzene rings is 3. The van der Waals surface area contributed by atoms with E-state index in [1.807, 2.05) is 60.7 Å². The van der Waals surface area contributed by atoms with E-state index in [0.29, 0.717) is 37.8 Å². The predicted molar refractivity (Wildman–Crippen MR) is 147 cm³/mol. The fourth-order valence-electron chi connectivity index (χ4n) is 4.72. The summed E-state index contributed by atoms with van der Waals surface area (Å²) >= 11 is 1.26. The van der Waals surface area contributed by atoms with Crippen molar-refractivity contribution in [3.05, 3.63) is 115 Å². The van der Waals surface area contributed by atoms with Gasteiger partial charge in [-0.05, 0) is 48.4 Å². The van der Waals surface area contributed by atoms with Gasteiger partial charge in [-0.2, -0.15) is 0 Å². The molecule has 0 saturated carbocycles. The molecule has 0 saturated heterocycles. The molecule has 2 aliphatic rings. The van der Waals surface area contributed by atoms with Crippen molar-refractivity contribution in [2.75, 3.05) is 20.5 Å². The first-order chi connectivity index (χ1) is 19.1. The Morgan fingerprint density at radius 2 is 1.90 bits per heavy atom. The van der Waals surface area contributed by atoms with E-state index in [4.69, 9.17) is 23.9 Å². The van der Waals surface area contributed by atoms with Gasteiger partial charge in [-0.3, -0.25) is 9.36 Å². The van der Waals surface area contributed by atoms with Gasteiger partial charge in [0.15, 0.2) is 16.3 Å². The van der Waals surface area contributed by atoms with Crippen LogP contribution in [0.4, 0.5) is 0 Å². The lowest BCUT2D eigenvalue weighted by atomic mass is 9.93. The summed E-state index contributed by atoms with van der Waals surface area (Å²) in [5, 5.41) is 0. The van der Waals surface area contributed by atoms with Crippen LogP contribution in [0.3, 0.4) is 0 Å². The van der Waals surface area contributed by atoms with Crippen LogP contribution in [0.5, 0.6) is 17.2 Å². The topological polar surface area (TPSA) is 88.4 Å². The van der Waals surface area contributed by atoms with Crippen molar-refractivity contribution in [3.8, 4) is 17.2 Å². The highest BCUT2D eigenvalue weighted by Gasteiger charge is 2.36. The van der Waals surface area contributed by atoms with Gasteiger partial charge in [0.1, 0.15) is 5.75 Å². The van der Waals surface area contributed by atoms with E-state index in [9.17, 15) is 9.59 Å². The predicted octanol–water partition coefficient (Wildman–Crippen LogP) is 3.67.